The minimum Gasteiger partial charge on any atom is -0.317 e. The maximum absolute atomic E-state index is 12.8. The van der Waals surface area contributed by atoms with Gasteiger partial charge in [-0.1, -0.05) is 84.9 Å². The molecule has 0 atom stereocenters. The molecule has 0 saturated carbocycles. The first-order chi connectivity index (χ1) is 15.3. The Bertz CT molecular complexity index is 1410. The summed E-state index contributed by atoms with van der Waals surface area (Å²) in [6, 6.07) is 29.7. The van der Waals surface area contributed by atoms with E-state index < -0.39 is 0 Å². The van der Waals surface area contributed by atoms with Gasteiger partial charge in [-0.15, -0.1) is 0 Å². The van der Waals surface area contributed by atoms with E-state index in [9.17, 15) is 4.79 Å². The van der Waals surface area contributed by atoms with Gasteiger partial charge in [-0.3, -0.25) is 9.20 Å². The molecule has 0 fully saturated rings. The molecule has 0 bridgehead atoms. The Morgan fingerprint density at radius 1 is 0.806 bits per heavy atom. The summed E-state index contributed by atoms with van der Waals surface area (Å²) < 4.78 is 2.00. The van der Waals surface area contributed by atoms with Gasteiger partial charge in [0.15, 0.2) is 0 Å². The number of imidazole rings is 1. The molecule has 150 valence electrons. The monoisotopic (exact) mass is 403 g/mol. The van der Waals surface area contributed by atoms with Crippen LogP contribution in [-0.4, -0.2) is 14.4 Å². The first-order valence-corrected chi connectivity index (χ1v) is 10.5. The Balaban J connectivity index is 1.71. The van der Waals surface area contributed by atoms with E-state index in [0.29, 0.717) is 5.65 Å². The molecule has 4 heteroatoms. The van der Waals surface area contributed by atoms with Gasteiger partial charge in [0.25, 0.3) is 5.56 Å². The van der Waals surface area contributed by atoms with Crippen LogP contribution in [0.2, 0.25) is 0 Å². The van der Waals surface area contributed by atoms with E-state index in [1.165, 1.54) is 16.7 Å². The Kier molecular flexibility index (Phi) is 3.93. The van der Waals surface area contributed by atoms with Gasteiger partial charge in [-0.05, 0) is 29.5 Å². The van der Waals surface area contributed by atoms with Crippen molar-refractivity contribution in [2.45, 2.75) is 18.3 Å². The lowest BCUT2D eigenvalue weighted by molar-refractivity contribution is 0.498. The van der Waals surface area contributed by atoms with Crippen LogP contribution in [0.5, 0.6) is 0 Å². The average Bonchev–Trinajstić information content (AvgIpc) is 3.39. The Labute approximate surface area is 179 Å². The molecular formula is C27H21N3O. The number of benzene rings is 3. The maximum atomic E-state index is 12.8. The van der Waals surface area contributed by atoms with E-state index in [-0.39, 0.29) is 11.0 Å². The molecule has 5 aromatic rings. The third-order valence-corrected chi connectivity index (χ3v) is 6.42. The lowest BCUT2D eigenvalue weighted by Crippen LogP contribution is -2.34. The molecule has 2 heterocycles. The molecule has 4 nitrogen and oxygen atoms in total. The quantitative estimate of drug-likeness (QED) is 0.470. The van der Waals surface area contributed by atoms with Crippen LogP contribution in [0.25, 0.3) is 16.9 Å². The predicted octanol–water partition coefficient (Wildman–Crippen LogP) is 4.77. The van der Waals surface area contributed by atoms with Gasteiger partial charge in [0.05, 0.1) is 11.4 Å². The summed E-state index contributed by atoms with van der Waals surface area (Å²) in [5.74, 6) is 0. The molecule has 0 saturated heterocycles. The summed E-state index contributed by atoms with van der Waals surface area (Å²) in [6.07, 6.45) is 5.28. The number of fused-ring (bicyclic) bond motifs is 5. The van der Waals surface area contributed by atoms with Crippen molar-refractivity contribution in [3.63, 3.8) is 0 Å². The third kappa shape index (κ3) is 2.68. The van der Waals surface area contributed by atoms with Crippen LogP contribution in [0.15, 0.2) is 102 Å². The normalized spacial score (nSPS) is 13.8. The minimum atomic E-state index is -0.336. The largest absolute Gasteiger partial charge is 0.317 e. The molecule has 6 rings (SSSR count). The Morgan fingerprint density at radius 2 is 1.42 bits per heavy atom. The standard InChI is InChI=1S/C27H21N3O/c31-26-25-28-15-16-30(25)24-23(29-26)21-13-7-8-14-22(21)27(24,17-19-9-3-1-4-10-19)18-20-11-5-2-6-12-20/h1-16H,17-18H2,(H,29,31). The molecule has 1 aliphatic carbocycles. The Hall–Kier alpha value is -3.92. The maximum Gasteiger partial charge on any atom is 0.292 e. The predicted molar refractivity (Wildman–Crippen MR) is 122 cm³/mol. The van der Waals surface area contributed by atoms with E-state index in [1.807, 2.05) is 16.7 Å². The fourth-order valence-electron chi connectivity index (χ4n) is 5.22. The number of hydrogen-bond acceptors (Lipinski definition) is 2. The lowest BCUT2D eigenvalue weighted by Gasteiger charge is -2.33. The van der Waals surface area contributed by atoms with E-state index in [4.69, 9.17) is 0 Å². The number of hydrogen-bond donors (Lipinski definition) is 1. The molecule has 31 heavy (non-hydrogen) atoms. The highest BCUT2D eigenvalue weighted by atomic mass is 16.1. The molecular weight excluding hydrogens is 382 g/mol. The number of aromatic amines is 1. The SMILES string of the molecule is O=c1[nH]c2c(n3ccnc13)C(Cc1ccccc1)(Cc1ccccc1)c1ccccc1-2. The second-order valence-electron chi connectivity index (χ2n) is 8.25. The molecule has 0 spiro atoms. The molecule has 0 unspecified atom stereocenters. The molecule has 0 amide bonds. The summed E-state index contributed by atoms with van der Waals surface area (Å²) in [5.41, 5.74) is 6.82. The van der Waals surface area contributed by atoms with Crippen LogP contribution in [0.3, 0.4) is 0 Å². The summed E-state index contributed by atoms with van der Waals surface area (Å²) in [5, 5.41) is 0. The van der Waals surface area contributed by atoms with Crippen molar-refractivity contribution >= 4 is 5.65 Å². The number of nitrogens with one attached hydrogen (secondary N) is 1. The van der Waals surface area contributed by atoms with Crippen molar-refractivity contribution in [2.24, 2.45) is 0 Å². The van der Waals surface area contributed by atoms with Crippen molar-refractivity contribution < 1.29 is 0 Å². The van der Waals surface area contributed by atoms with Gasteiger partial charge in [0.1, 0.15) is 0 Å². The fourth-order valence-corrected chi connectivity index (χ4v) is 5.22. The van der Waals surface area contributed by atoms with Gasteiger partial charge in [0.2, 0.25) is 5.65 Å². The zero-order valence-electron chi connectivity index (χ0n) is 17.0. The van der Waals surface area contributed by atoms with Gasteiger partial charge in [-0.2, -0.15) is 0 Å². The molecule has 0 radical (unpaired) electrons. The highest BCUT2D eigenvalue weighted by molar-refractivity contribution is 5.78. The van der Waals surface area contributed by atoms with Crippen LogP contribution >= 0.6 is 0 Å². The van der Waals surface area contributed by atoms with Crippen molar-refractivity contribution in [2.75, 3.05) is 0 Å². The number of aromatic nitrogens is 3. The topological polar surface area (TPSA) is 50.2 Å². The van der Waals surface area contributed by atoms with Crippen molar-refractivity contribution in [1.29, 1.82) is 0 Å². The van der Waals surface area contributed by atoms with Gasteiger partial charge in [-0.25, -0.2) is 4.98 Å². The second-order valence-corrected chi connectivity index (χ2v) is 8.25. The molecule has 3 aromatic carbocycles. The highest BCUT2D eigenvalue weighted by Crippen LogP contribution is 2.51. The van der Waals surface area contributed by atoms with Crippen LogP contribution in [-0.2, 0) is 18.3 Å². The van der Waals surface area contributed by atoms with E-state index in [2.05, 4.69) is 88.8 Å². The van der Waals surface area contributed by atoms with Crippen molar-refractivity contribution in [1.82, 2.24) is 14.4 Å². The summed E-state index contributed by atoms with van der Waals surface area (Å²) >= 11 is 0. The van der Waals surface area contributed by atoms with E-state index >= 15 is 0 Å². The average molecular weight is 403 g/mol. The molecule has 0 aliphatic heterocycles. The molecule has 1 N–H and O–H groups in total. The van der Waals surface area contributed by atoms with Gasteiger partial charge in [0, 0.05) is 23.4 Å². The van der Waals surface area contributed by atoms with Crippen LogP contribution in [0.4, 0.5) is 0 Å². The first kappa shape index (κ1) is 17.9. The highest BCUT2D eigenvalue weighted by Gasteiger charge is 2.46. The number of nitrogens with zero attached hydrogens (tertiary/aromatic N) is 2. The summed E-state index contributed by atoms with van der Waals surface area (Å²) in [7, 11) is 0. The van der Waals surface area contributed by atoms with Crippen LogP contribution in [0.1, 0.15) is 22.4 Å². The second kappa shape index (κ2) is 6.81. The summed E-state index contributed by atoms with van der Waals surface area (Å²) in [4.78, 5) is 20.3. The van der Waals surface area contributed by atoms with Gasteiger partial charge < -0.3 is 4.98 Å². The molecule has 2 aromatic heterocycles. The smallest absolute Gasteiger partial charge is 0.292 e. The van der Waals surface area contributed by atoms with Gasteiger partial charge >= 0.3 is 0 Å². The minimum absolute atomic E-state index is 0.159. The lowest BCUT2D eigenvalue weighted by atomic mass is 9.71. The fraction of sp³-hybridized carbons (Fsp3) is 0.111. The van der Waals surface area contributed by atoms with Crippen LogP contribution < -0.4 is 5.56 Å². The van der Waals surface area contributed by atoms with E-state index in [0.717, 1.165) is 29.8 Å². The number of rotatable bonds is 4. The third-order valence-electron chi connectivity index (χ3n) is 6.42. The Morgan fingerprint density at radius 3 is 2.10 bits per heavy atom. The van der Waals surface area contributed by atoms with E-state index in [1.54, 1.807) is 6.20 Å². The molecule has 1 aliphatic rings. The van der Waals surface area contributed by atoms with Crippen molar-refractivity contribution in [3.05, 3.63) is 130 Å². The summed E-state index contributed by atoms with van der Waals surface area (Å²) in [6.45, 7) is 0. The number of H-pyrrole nitrogens is 1. The van der Waals surface area contributed by atoms with Crippen molar-refractivity contribution in [3.8, 4) is 11.3 Å². The zero-order chi connectivity index (χ0) is 20.8. The zero-order valence-corrected chi connectivity index (χ0v) is 17.0. The first-order valence-electron chi connectivity index (χ1n) is 10.5. The van der Waals surface area contributed by atoms with Crippen LogP contribution in [0, 0.1) is 0 Å².